The highest BCUT2D eigenvalue weighted by Crippen LogP contribution is 2.50. The Hall–Kier alpha value is -2.02. The van der Waals surface area contributed by atoms with Crippen LogP contribution in [0.2, 0.25) is 0 Å². The molecule has 138 valence electrons. The van der Waals surface area contributed by atoms with Gasteiger partial charge in [0.05, 0.1) is 25.4 Å². The van der Waals surface area contributed by atoms with Gasteiger partial charge < -0.3 is 19.9 Å². The first-order chi connectivity index (χ1) is 11.7. The minimum atomic E-state index is -0.532. The van der Waals surface area contributed by atoms with Crippen LogP contribution < -0.4 is 14.8 Å². The number of carbonyl (C=O) groups excluding carboxylic acids is 1. The highest BCUT2D eigenvalue weighted by molar-refractivity contribution is 5.94. The zero-order chi connectivity index (χ0) is 18.5. The number of fused-ring (bicyclic) bond motifs is 1. The van der Waals surface area contributed by atoms with Crippen LogP contribution in [0, 0.1) is 17.3 Å². The summed E-state index contributed by atoms with van der Waals surface area (Å²) in [7, 11) is 1.39. The third kappa shape index (κ3) is 3.01. The molecule has 0 aromatic carbocycles. The van der Waals surface area contributed by atoms with Crippen LogP contribution in [0.4, 0.5) is 0 Å². The largest absolute Gasteiger partial charge is 0.499 e. The monoisotopic (exact) mass is 351 g/mol. The van der Waals surface area contributed by atoms with E-state index < -0.39 is 5.91 Å². The quantitative estimate of drug-likeness (QED) is 0.436. The van der Waals surface area contributed by atoms with Gasteiger partial charge in [0, 0.05) is 10.8 Å². The van der Waals surface area contributed by atoms with Crippen LogP contribution in [0.5, 0.6) is 11.5 Å². The summed E-state index contributed by atoms with van der Waals surface area (Å²) in [5, 5.41) is 23.2. The number of rotatable bonds is 3. The fraction of sp³-hybridized carbons (Fsp3) is 0.667. The van der Waals surface area contributed by atoms with Crippen molar-refractivity contribution >= 4 is 5.91 Å². The predicted molar refractivity (Wildman–Crippen MR) is 88.7 cm³/mol. The smallest absolute Gasteiger partial charge is 0.366 e. The van der Waals surface area contributed by atoms with Gasteiger partial charge in [0.1, 0.15) is 0 Å². The van der Waals surface area contributed by atoms with Crippen molar-refractivity contribution in [2.24, 2.45) is 17.3 Å². The molecular weight excluding hydrogens is 324 g/mol. The van der Waals surface area contributed by atoms with E-state index in [1.54, 1.807) is 0 Å². The molecule has 1 aromatic heterocycles. The van der Waals surface area contributed by atoms with Crippen molar-refractivity contribution in [3.63, 3.8) is 0 Å². The Kier molecular flexibility index (Phi) is 4.31. The number of methoxy groups -OCH3 is 1. The van der Waals surface area contributed by atoms with Gasteiger partial charge in [-0.1, -0.05) is 27.7 Å². The topological polar surface area (TPSA) is 95.2 Å². The van der Waals surface area contributed by atoms with Gasteiger partial charge in [-0.15, -0.1) is 0 Å². The molecule has 3 unspecified atom stereocenters. The van der Waals surface area contributed by atoms with Gasteiger partial charge in [0.15, 0.2) is 5.75 Å². The molecule has 1 aliphatic heterocycles. The number of aromatic nitrogens is 1. The Morgan fingerprint density at radius 3 is 2.72 bits per heavy atom. The van der Waals surface area contributed by atoms with Gasteiger partial charge in [0.25, 0.3) is 0 Å². The van der Waals surface area contributed by atoms with Crippen LogP contribution in [0.3, 0.4) is 0 Å². The summed E-state index contributed by atoms with van der Waals surface area (Å²) < 4.78 is 11.5. The summed E-state index contributed by atoms with van der Waals surface area (Å²) in [5.41, 5.74) is -0.282. The van der Waals surface area contributed by atoms with Crippen LogP contribution in [0.25, 0.3) is 0 Å². The second-order valence-electron chi connectivity index (χ2n) is 7.94. The van der Waals surface area contributed by atoms with Gasteiger partial charge in [-0.05, 0) is 23.7 Å². The first kappa shape index (κ1) is 17.8. The van der Waals surface area contributed by atoms with E-state index in [4.69, 9.17) is 9.47 Å². The predicted octanol–water partition coefficient (Wildman–Crippen LogP) is 1.49. The van der Waals surface area contributed by atoms with Crippen molar-refractivity contribution in [3.05, 3.63) is 18.0 Å². The van der Waals surface area contributed by atoms with Crippen molar-refractivity contribution in [2.45, 2.75) is 52.4 Å². The Morgan fingerprint density at radius 1 is 1.40 bits per heavy atom. The second kappa shape index (κ2) is 6.05. The molecular formula is C18H27N2O5+. The molecule has 2 aliphatic rings. The molecule has 7 heteroatoms. The van der Waals surface area contributed by atoms with E-state index in [-0.39, 0.29) is 46.8 Å². The molecule has 1 aliphatic carbocycles. The minimum absolute atomic E-state index is 0.0484. The molecule has 1 saturated heterocycles. The summed E-state index contributed by atoms with van der Waals surface area (Å²) in [6.45, 7) is 8.55. The van der Waals surface area contributed by atoms with Crippen molar-refractivity contribution in [3.8, 4) is 11.5 Å². The van der Waals surface area contributed by atoms with Crippen LogP contribution in [0.1, 0.15) is 44.6 Å². The average Bonchev–Trinajstić information content (AvgIpc) is 3.34. The Balaban J connectivity index is 1.85. The molecule has 2 heterocycles. The lowest BCUT2D eigenvalue weighted by atomic mass is 9.81. The SMILES string of the molecule is COc1cc[n+](O)c(C(=O)NC2CC(C)(C)C3OC3[C@H](C)[C@H]2C)c1O. The molecule has 7 nitrogen and oxygen atoms in total. The van der Waals surface area contributed by atoms with Gasteiger partial charge >= 0.3 is 11.6 Å². The van der Waals surface area contributed by atoms with E-state index in [9.17, 15) is 15.1 Å². The van der Waals surface area contributed by atoms with Crippen LogP contribution in [-0.2, 0) is 4.74 Å². The molecule has 0 bridgehead atoms. The molecule has 5 atom stereocenters. The van der Waals surface area contributed by atoms with Crippen molar-refractivity contribution in [1.82, 2.24) is 5.32 Å². The van der Waals surface area contributed by atoms with Crippen molar-refractivity contribution in [1.29, 1.82) is 0 Å². The van der Waals surface area contributed by atoms with Gasteiger partial charge in [-0.25, -0.2) is 0 Å². The first-order valence-corrected chi connectivity index (χ1v) is 8.64. The number of aromatic hydroxyl groups is 1. The van der Waals surface area contributed by atoms with E-state index in [2.05, 4.69) is 33.0 Å². The maximum absolute atomic E-state index is 12.8. The maximum Gasteiger partial charge on any atom is 0.366 e. The molecule has 1 saturated carbocycles. The second-order valence-corrected chi connectivity index (χ2v) is 7.94. The first-order valence-electron chi connectivity index (χ1n) is 8.64. The third-order valence-corrected chi connectivity index (χ3v) is 5.83. The number of nitrogens with zero attached hydrogens (tertiary/aromatic N) is 1. The summed E-state index contributed by atoms with van der Waals surface area (Å²) >= 11 is 0. The summed E-state index contributed by atoms with van der Waals surface area (Å²) in [6, 6.07) is 1.30. The highest BCUT2D eigenvalue weighted by Gasteiger charge is 2.57. The lowest BCUT2D eigenvalue weighted by molar-refractivity contribution is -0.906. The summed E-state index contributed by atoms with van der Waals surface area (Å²) in [5.74, 6) is -0.259. The zero-order valence-electron chi connectivity index (χ0n) is 15.3. The molecule has 0 spiro atoms. The van der Waals surface area contributed by atoms with E-state index >= 15 is 0 Å². The third-order valence-electron chi connectivity index (χ3n) is 5.83. The zero-order valence-corrected chi connectivity index (χ0v) is 15.3. The van der Waals surface area contributed by atoms with E-state index in [1.165, 1.54) is 19.4 Å². The lowest BCUT2D eigenvalue weighted by Crippen LogP contribution is -2.48. The summed E-state index contributed by atoms with van der Waals surface area (Å²) in [4.78, 5) is 12.8. The maximum atomic E-state index is 12.8. The molecule has 3 rings (SSSR count). The van der Waals surface area contributed by atoms with E-state index in [1.807, 2.05) is 0 Å². The molecule has 25 heavy (non-hydrogen) atoms. The number of carbonyl (C=O) groups is 1. The fourth-order valence-electron chi connectivity index (χ4n) is 4.00. The fourth-order valence-corrected chi connectivity index (χ4v) is 4.00. The minimum Gasteiger partial charge on any atom is -0.499 e. The molecule has 0 radical (unpaired) electrons. The van der Waals surface area contributed by atoms with Crippen LogP contribution >= 0.6 is 0 Å². The molecule has 3 N–H and O–H groups in total. The average molecular weight is 351 g/mol. The summed E-state index contributed by atoms with van der Waals surface area (Å²) in [6.07, 6.45) is 2.49. The molecule has 1 amide bonds. The number of nitrogens with one attached hydrogen (secondary N) is 1. The standard InChI is InChI=1S/C18H26N2O5/c1-9-10(2)15-16(25-15)18(3,4)8-11(9)19-17(22)13-14(21)12(24-5)6-7-20(13)23/h6-7,9-11,15-16H,8H2,1-5H3,(H2-,19,21,22,23)/p+1/t9-,10-,11?,15?,16?/m1/s1. The van der Waals surface area contributed by atoms with Crippen molar-refractivity contribution in [2.75, 3.05) is 7.11 Å². The number of amides is 1. The van der Waals surface area contributed by atoms with Crippen LogP contribution in [0.15, 0.2) is 12.3 Å². The number of ether oxygens (including phenoxy) is 2. The van der Waals surface area contributed by atoms with Crippen LogP contribution in [-0.4, -0.2) is 41.6 Å². The Morgan fingerprint density at radius 2 is 2.08 bits per heavy atom. The number of epoxide rings is 1. The number of hydrogen-bond donors (Lipinski definition) is 3. The van der Waals surface area contributed by atoms with E-state index in [0.29, 0.717) is 10.6 Å². The highest BCUT2D eigenvalue weighted by atomic mass is 16.6. The normalized spacial score (nSPS) is 33.1. The lowest BCUT2D eigenvalue weighted by Gasteiger charge is -2.31. The number of hydrogen-bond acceptors (Lipinski definition) is 5. The molecule has 1 aromatic rings. The van der Waals surface area contributed by atoms with Gasteiger partial charge in [-0.2, -0.15) is 0 Å². The van der Waals surface area contributed by atoms with Crippen molar-refractivity contribution < 1.29 is 29.3 Å². The van der Waals surface area contributed by atoms with E-state index in [0.717, 1.165) is 6.42 Å². The van der Waals surface area contributed by atoms with Gasteiger partial charge in [-0.3, -0.25) is 10.0 Å². The number of pyridine rings is 1. The Bertz CT molecular complexity index is 690. The molecule has 2 fully saturated rings. The Labute approximate surface area is 147 Å². The van der Waals surface area contributed by atoms with Gasteiger partial charge in [0.2, 0.25) is 11.9 Å².